The smallest absolute Gasteiger partial charge is 0.333 e. The number of rotatable bonds is 4. The molecule has 2 nitrogen and oxygen atoms in total. The fourth-order valence-corrected chi connectivity index (χ4v) is 2.27. The lowest BCUT2D eigenvalue weighted by Gasteiger charge is -2.33. The zero-order valence-corrected chi connectivity index (χ0v) is 10.8. The molecule has 0 unspecified atom stereocenters. The molecule has 1 aliphatic rings. The highest BCUT2D eigenvalue weighted by atomic mass is 16.6. The van der Waals surface area contributed by atoms with Crippen LogP contribution in [0, 0.1) is 5.92 Å². The normalized spacial score (nSPS) is 19.5. The first-order valence-corrected chi connectivity index (χ1v) is 6.34. The molecule has 92 valence electrons. The summed E-state index contributed by atoms with van der Waals surface area (Å²) in [6.07, 6.45) is 6.32. The van der Waals surface area contributed by atoms with E-state index in [2.05, 4.69) is 20.4 Å². The molecule has 0 spiro atoms. The van der Waals surface area contributed by atoms with E-state index in [-0.39, 0.29) is 11.6 Å². The monoisotopic (exact) mass is 224 g/mol. The number of carbonyl (C=O) groups is 1. The van der Waals surface area contributed by atoms with Crippen LogP contribution in [-0.4, -0.2) is 11.6 Å². The SMILES string of the molecule is C=C(CC(C)C)C(=O)OC1(C)CCCCC1. The first-order valence-electron chi connectivity index (χ1n) is 6.34. The lowest BCUT2D eigenvalue weighted by Crippen LogP contribution is -2.34. The summed E-state index contributed by atoms with van der Waals surface area (Å²) in [6.45, 7) is 10.0. The lowest BCUT2D eigenvalue weighted by atomic mass is 9.86. The summed E-state index contributed by atoms with van der Waals surface area (Å²) in [4.78, 5) is 11.8. The van der Waals surface area contributed by atoms with Crippen molar-refractivity contribution in [2.45, 2.75) is 64.9 Å². The zero-order valence-electron chi connectivity index (χ0n) is 10.8. The van der Waals surface area contributed by atoms with Gasteiger partial charge in [0.05, 0.1) is 0 Å². The van der Waals surface area contributed by atoms with E-state index >= 15 is 0 Å². The maximum absolute atomic E-state index is 11.8. The molecule has 0 aromatic carbocycles. The summed E-state index contributed by atoms with van der Waals surface area (Å²) in [5.74, 6) is 0.261. The fraction of sp³-hybridized carbons (Fsp3) is 0.786. The summed E-state index contributed by atoms with van der Waals surface area (Å²) in [5.41, 5.74) is 0.372. The number of ether oxygens (including phenoxy) is 1. The van der Waals surface area contributed by atoms with Crippen molar-refractivity contribution >= 4 is 5.97 Å². The maximum Gasteiger partial charge on any atom is 0.333 e. The maximum atomic E-state index is 11.8. The first kappa shape index (κ1) is 13.3. The van der Waals surface area contributed by atoms with Crippen molar-refractivity contribution in [1.29, 1.82) is 0 Å². The Morgan fingerprint density at radius 2 is 1.88 bits per heavy atom. The van der Waals surface area contributed by atoms with E-state index in [1.807, 2.05) is 6.92 Å². The van der Waals surface area contributed by atoms with Gasteiger partial charge in [-0.2, -0.15) is 0 Å². The van der Waals surface area contributed by atoms with Crippen LogP contribution < -0.4 is 0 Å². The molecule has 0 saturated heterocycles. The number of hydrogen-bond donors (Lipinski definition) is 0. The average molecular weight is 224 g/mol. The molecule has 0 bridgehead atoms. The molecule has 16 heavy (non-hydrogen) atoms. The van der Waals surface area contributed by atoms with E-state index in [0.717, 1.165) is 19.3 Å². The van der Waals surface area contributed by atoms with Gasteiger partial charge in [-0.15, -0.1) is 0 Å². The summed E-state index contributed by atoms with van der Waals surface area (Å²) in [7, 11) is 0. The van der Waals surface area contributed by atoms with Crippen LogP contribution in [0.15, 0.2) is 12.2 Å². The van der Waals surface area contributed by atoms with E-state index in [9.17, 15) is 4.79 Å². The molecule has 2 heteroatoms. The Morgan fingerprint density at radius 1 is 1.31 bits per heavy atom. The van der Waals surface area contributed by atoms with Crippen molar-refractivity contribution < 1.29 is 9.53 Å². The highest BCUT2D eigenvalue weighted by Crippen LogP contribution is 2.32. The molecule has 0 amide bonds. The van der Waals surface area contributed by atoms with Crippen LogP contribution in [0.5, 0.6) is 0 Å². The molecular weight excluding hydrogens is 200 g/mol. The minimum atomic E-state index is -0.241. The van der Waals surface area contributed by atoms with Crippen LogP contribution in [0.3, 0.4) is 0 Å². The second kappa shape index (κ2) is 5.51. The molecule has 0 aromatic rings. The van der Waals surface area contributed by atoms with E-state index in [1.165, 1.54) is 19.3 Å². The first-order chi connectivity index (χ1) is 7.43. The van der Waals surface area contributed by atoms with Crippen molar-refractivity contribution in [3.8, 4) is 0 Å². The Labute approximate surface area is 99.1 Å². The van der Waals surface area contributed by atoms with Gasteiger partial charge in [0.25, 0.3) is 0 Å². The van der Waals surface area contributed by atoms with Crippen molar-refractivity contribution in [2.75, 3.05) is 0 Å². The van der Waals surface area contributed by atoms with Crippen molar-refractivity contribution in [1.82, 2.24) is 0 Å². The number of carbonyl (C=O) groups excluding carboxylic acids is 1. The highest BCUT2D eigenvalue weighted by Gasteiger charge is 2.31. The Hall–Kier alpha value is -0.790. The van der Waals surface area contributed by atoms with Gasteiger partial charge in [-0.05, 0) is 44.9 Å². The molecule has 0 aliphatic heterocycles. The molecule has 0 aromatic heterocycles. The molecule has 1 aliphatic carbocycles. The molecule has 0 radical (unpaired) electrons. The van der Waals surface area contributed by atoms with E-state index in [1.54, 1.807) is 0 Å². The second-order valence-electron chi connectivity index (χ2n) is 5.60. The molecular formula is C14H24O2. The van der Waals surface area contributed by atoms with Crippen LogP contribution in [-0.2, 0) is 9.53 Å². The minimum absolute atomic E-state index is 0.196. The van der Waals surface area contributed by atoms with E-state index in [4.69, 9.17) is 4.74 Å². The van der Waals surface area contributed by atoms with Gasteiger partial charge in [0.15, 0.2) is 0 Å². The molecule has 0 N–H and O–H groups in total. The molecule has 0 atom stereocenters. The van der Waals surface area contributed by atoms with Crippen LogP contribution in [0.1, 0.15) is 59.3 Å². The largest absolute Gasteiger partial charge is 0.456 e. The predicted octanol–water partition coefficient (Wildman–Crippen LogP) is 3.85. The number of hydrogen-bond acceptors (Lipinski definition) is 2. The molecule has 1 fully saturated rings. The fourth-order valence-electron chi connectivity index (χ4n) is 2.27. The van der Waals surface area contributed by atoms with E-state index < -0.39 is 0 Å². The minimum Gasteiger partial charge on any atom is -0.456 e. The zero-order chi connectivity index (χ0) is 12.2. The summed E-state index contributed by atoms with van der Waals surface area (Å²) in [5, 5.41) is 0. The van der Waals surface area contributed by atoms with Gasteiger partial charge < -0.3 is 4.74 Å². The Bertz CT molecular complexity index is 260. The molecule has 1 saturated carbocycles. The van der Waals surface area contributed by atoms with Crippen LogP contribution >= 0.6 is 0 Å². The van der Waals surface area contributed by atoms with Crippen LogP contribution in [0.4, 0.5) is 0 Å². The standard InChI is InChI=1S/C14H24O2/c1-11(2)10-12(3)13(15)16-14(4)8-6-5-7-9-14/h11H,3,5-10H2,1-2,4H3. The van der Waals surface area contributed by atoms with Crippen molar-refractivity contribution in [2.24, 2.45) is 5.92 Å². The third-order valence-electron chi connectivity index (χ3n) is 3.19. The third kappa shape index (κ3) is 3.99. The lowest BCUT2D eigenvalue weighted by molar-refractivity contribution is -0.156. The topological polar surface area (TPSA) is 26.3 Å². The van der Waals surface area contributed by atoms with Gasteiger partial charge in [0, 0.05) is 5.57 Å². The molecule has 1 rings (SSSR count). The molecule has 0 heterocycles. The van der Waals surface area contributed by atoms with Crippen LogP contribution in [0.25, 0.3) is 0 Å². The van der Waals surface area contributed by atoms with Crippen molar-refractivity contribution in [3.63, 3.8) is 0 Å². The average Bonchev–Trinajstić information content (AvgIpc) is 2.16. The third-order valence-corrected chi connectivity index (χ3v) is 3.19. The van der Waals surface area contributed by atoms with Gasteiger partial charge in [-0.3, -0.25) is 0 Å². The quantitative estimate of drug-likeness (QED) is 0.535. The summed E-state index contributed by atoms with van der Waals surface area (Å²) >= 11 is 0. The van der Waals surface area contributed by atoms with Gasteiger partial charge >= 0.3 is 5.97 Å². The van der Waals surface area contributed by atoms with Gasteiger partial charge in [0.1, 0.15) is 5.60 Å². The highest BCUT2D eigenvalue weighted by molar-refractivity contribution is 5.88. The van der Waals surface area contributed by atoms with Gasteiger partial charge in [-0.25, -0.2) is 4.79 Å². The summed E-state index contributed by atoms with van der Waals surface area (Å²) < 4.78 is 5.60. The van der Waals surface area contributed by atoms with Crippen molar-refractivity contribution in [3.05, 3.63) is 12.2 Å². The summed E-state index contributed by atoms with van der Waals surface area (Å²) in [6, 6.07) is 0. The van der Waals surface area contributed by atoms with Gasteiger partial charge in [0.2, 0.25) is 0 Å². The second-order valence-corrected chi connectivity index (χ2v) is 5.60. The van der Waals surface area contributed by atoms with Gasteiger partial charge in [-0.1, -0.05) is 26.8 Å². The Morgan fingerprint density at radius 3 is 2.38 bits per heavy atom. The Kier molecular flexibility index (Phi) is 4.57. The predicted molar refractivity (Wildman–Crippen MR) is 66.2 cm³/mol. The van der Waals surface area contributed by atoms with E-state index in [0.29, 0.717) is 11.5 Å². The number of esters is 1. The van der Waals surface area contributed by atoms with Crippen LogP contribution in [0.2, 0.25) is 0 Å². The Balaban J connectivity index is 2.46.